The number of carbonyl (C=O) groups excluding carboxylic acids is 4. The van der Waals surface area contributed by atoms with E-state index in [1.54, 1.807) is 5.38 Å². The number of thiophene rings is 1. The third-order valence-corrected chi connectivity index (χ3v) is 4.10. The average molecular weight is 378 g/mol. The molecule has 1 aromatic heterocycles. The van der Waals surface area contributed by atoms with Crippen LogP contribution >= 0.6 is 11.3 Å². The summed E-state index contributed by atoms with van der Waals surface area (Å²) in [6.45, 7) is -0.556. The molecule has 0 spiro atoms. The summed E-state index contributed by atoms with van der Waals surface area (Å²) in [6.07, 6.45) is -0.335. The predicted octanol–water partition coefficient (Wildman–Crippen LogP) is 2.13. The van der Waals surface area contributed by atoms with Crippen LogP contribution in [0.3, 0.4) is 0 Å². The first-order valence-corrected chi connectivity index (χ1v) is 8.36. The van der Waals surface area contributed by atoms with Crippen molar-refractivity contribution in [2.24, 2.45) is 5.73 Å². The van der Waals surface area contributed by atoms with Gasteiger partial charge in [-0.05, 0) is 35.7 Å². The van der Waals surface area contributed by atoms with E-state index in [0.717, 1.165) is 23.5 Å². The van der Waals surface area contributed by atoms with Gasteiger partial charge in [0, 0.05) is 12.0 Å². The Labute approximate surface area is 151 Å². The lowest BCUT2D eigenvalue weighted by Crippen LogP contribution is -2.22. The van der Waals surface area contributed by atoms with Gasteiger partial charge >= 0.3 is 5.97 Å². The van der Waals surface area contributed by atoms with E-state index in [0.29, 0.717) is 0 Å². The van der Waals surface area contributed by atoms with E-state index in [2.05, 4.69) is 5.32 Å². The monoisotopic (exact) mass is 378 g/mol. The number of ketones is 1. The molecule has 0 saturated heterocycles. The number of amides is 2. The first-order chi connectivity index (χ1) is 12.4. The molecule has 1 heterocycles. The number of nitrogens with one attached hydrogen (secondary N) is 1. The molecule has 3 N–H and O–H groups in total. The fourth-order valence-corrected chi connectivity index (χ4v) is 2.79. The van der Waals surface area contributed by atoms with Crippen LogP contribution in [-0.2, 0) is 14.3 Å². The zero-order chi connectivity index (χ0) is 19.1. The van der Waals surface area contributed by atoms with Crippen molar-refractivity contribution in [2.45, 2.75) is 12.8 Å². The lowest BCUT2D eigenvalue weighted by molar-refractivity contribution is -0.147. The smallest absolute Gasteiger partial charge is 0.306 e. The van der Waals surface area contributed by atoms with Crippen molar-refractivity contribution in [1.82, 2.24) is 0 Å². The van der Waals surface area contributed by atoms with Crippen LogP contribution in [0.5, 0.6) is 0 Å². The number of esters is 1. The molecular weight excluding hydrogens is 363 g/mol. The van der Waals surface area contributed by atoms with Gasteiger partial charge in [-0.25, -0.2) is 4.39 Å². The Morgan fingerprint density at radius 1 is 1.08 bits per heavy atom. The number of primary amides is 1. The number of carbonyl (C=O) groups is 4. The summed E-state index contributed by atoms with van der Waals surface area (Å²) < 4.78 is 17.6. The number of anilines is 1. The van der Waals surface area contributed by atoms with Gasteiger partial charge in [0.05, 0.1) is 12.0 Å². The predicted molar refractivity (Wildman–Crippen MR) is 92.4 cm³/mol. The van der Waals surface area contributed by atoms with Gasteiger partial charge < -0.3 is 15.8 Å². The molecule has 2 rings (SSSR count). The van der Waals surface area contributed by atoms with Gasteiger partial charge in [0.1, 0.15) is 10.8 Å². The molecule has 0 aliphatic heterocycles. The zero-order valence-corrected chi connectivity index (χ0v) is 14.3. The third kappa shape index (κ3) is 5.49. The van der Waals surface area contributed by atoms with Crippen LogP contribution < -0.4 is 11.1 Å². The highest BCUT2D eigenvalue weighted by Crippen LogP contribution is 2.22. The van der Waals surface area contributed by atoms with E-state index in [1.165, 1.54) is 18.2 Å². The highest BCUT2D eigenvalue weighted by Gasteiger charge is 2.15. The van der Waals surface area contributed by atoms with E-state index in [-0.39, 0.29) is 34.8 Å². The van der Waals surface area contributed by atoms with Crippen molar-refractivity contribution in [3.63, 3.8) is 0 Å². The van der Waals surface area contributed by atoms with Gasteiger partial charge in [0.2, 0.25) is 0 Å². The van der Waals surface area contributed by atoms with E-state index in [1.807, 2.05) is 0 Å². The maximum Gasteiger partial charge on any atom is 0.306 e. The number of hydrogen-bond acceptors (Lipinski definition) is 6. The number of halogens is 1. The number of ether oxygens (including phenoxy) is 1. The molecule has 0 saturated carbocycles. The molecular formula is C17H15FN2O5S. The summed E-state index contributed by atoms with van der Waals surface area (Å²) in [5.41, 5.74) is 5.61. The van der Waals surface area contributed by atoms with Gasteiger partial charge in [-0.3, -0.25) is 19.2 Å². The van der Waals surface area contributed by atoms with E-state index in [4.69, 9.17) is 10.5 Å². The Bertz CT molecular complexity index is 832. The molecule has 2 amide bonds. The fraction of sp³-hybridized carbons (Fsp3) is 0.176. The van der Waals surface area contributed by atoms with Crippen molar-refractivity contribution >= 4 is 39.9 Å². The number of nitrogens with two attached hydrogens (primary N) is 1. The summed E-state index contributed by atoms with van der Waals surface area (Å²) in [6, 6.07) is 6.43. The van der Waals surface area contributed by atoms with Gasteiger partial charge in [-0.2, -0.15) is 0 Å². The molecule has 1 aromatic carbocycles. The quantitative estimate of drug-likeness (QED) is 0.539. The Morgan fingerprint density at radius 2 is 1.77 bits per heavy atom. The lowest BCUT2D eigenvalue weighted by Gasteiger charge is -2.06. The third-order valence-electron chi connectivity index (χ3n) is 3.27. The second-order valence-electron chi connectivity index (χ2n) is 5.17. The first kappa shape index (κ1) is 19.3. The largest absolute Gasteiger partial charge is 0.456 e. The Morgan fingerprint density at radius 3 is 2.42 bits per heavy atom. The number of rotatable bonds is 8. The molecule has 2 aromatic rings. The number of benzene rings is 1. The fourth-order valence-electron chi connectivity index (χ4n) is 1.98. The first-order valence-electron chi connectivity index (χ1n) is 7.48. The maximum atomic E-state index is 12.8. The van der Waals surface area contributed by atoms with E-state index >= 15 is 0 Å². The maximum absolute atomic E-state index is 12.8. The summed E-state index contributed by atoms with van der Waals surface area (Å²) in [5, 5.41) is 4.28. The van der Waals surface area contributed by atoms with Crippen molar-refractivity contribution in [2.75, 3.05) is 11.9 Å². The van der Waals surface area contributed by atoms with Crippen molar-refractivity contribution in [3.8, 4) is 0 Å². The van der Waals surface area contributed by atoms with Crippen molar-refractivity contribution in [3.05, 3.63) is 52.7 Å². The van der Waals surface area contributed by atoms with E-state index in [9.17, 15) is 23.6 Å². The highest BCUT2D eigenvalue weighted by atomic mass is 32.1. The van der Waals surface area contributed by atoms with Gasteiger partial charge in [0.25, 0.3) is 11.8 Å². The number of Topliss-reactive ketones (excluding diaryl/α,β-unsaturated/α-hetero) is 1. The van der Waals surface area contributed by atoms with Crippen LogP contribution in [0.4, 0.5) is 9.39 Å². The Hall–Kier alpha value is -3.07. The topological polar surface area (TPSA) is 116 Å². The molecule has 0 aliphatic rings. The average Bonchev–Trinajstić information content (AvgIpc) is 3.06. The molecule has 0 fully saturated rings. The standard InChI is InChI=1S/C17H15FN2O5S/c18-11-3-1-10(2-4-11)13(21)5-6-15(23)25-9-14(22)20-17-12(16(19)24)7-8-26-17/h1-4,7-8H,5-6,9H2,(H2,19,24)(H,20,22). The second kappa shape index (κ2) is 8.86. The Balaban J connectivity index is 1.75. The molecule has 7 nitrogen and oxygen atoms in total. The van der Waals surface area contributed by atoms with Crippen LogP contribution in [-0.4, -0.2) is 30.2 Å². The molecule has 9 heteroatoms. The highest BCUT2D eigenvalue weighted by molar-refractivity contribution is 7.14. The lowest BCUT2D eigenvalue weighted by atomic mass is 10.1. The minimum Gasteiger partial charge on any atom is -0.456 e. The van der Waals surface area contributed by atoms with Crippen LogP contribution in [0.25, 0.3) is 0 Å². The van der Waals surface area contributed by atoms with Crippen LogP contribution in [0, 0.1) is 5.82 Å². The molecule has 0 bridgehead atoms. The summed E-state index contributed by atoms with van der Waals surface area (Å²) in [4.78, 5) is 46.4. The normalized spacial score (nSPS) is 10.2. The minimum atomic E-state index is -0.725. The van der Waals surface area contributed by atoms with Crippen LogP contribution in [0.15, 0.2) is 35.7 Å². The second-order valence-corrected chi connectivity index (χ2v) is 6.08. The van der Waals surface area contributed by atoms with Gasteiger partial charge in [0.15, 0.2) is 12.4 Å². The molecule has 0 aliphatic carbocycles. The molecule has 26 heavy (non-hydrogen) atoms. The van der Waals surface area contributed by atoms with Gasteiger partial charge in [-0.1, -0.05) is 0 Å². The Kier molecular flexibility index (Phi) is 6.56. The molecule has 136 valence electrons. The molecule has 0 unspecified atom stereocenters. The van der Waals surface area contributed by atoms with Crippen molar-refractivity contribution in [1.29, 1.82) is 0 Å². The van der Waals surface area contributed by atoms with Gasteiger partial charge in [-0.15, -0.1) is 11.3 Å². The SMILES string of the molecule is NC(=O)c1ccsc1NC(=O)COC(=O)CCC(=O)c1ccc(F)cc1. The molecule has 0 radical (unpaired) electrons. The van der Waals surface area contributed by atoms with Crippen LogP contribution in [0.1, 0.15) is 33.6 Å². The minimum absolute atomic E-state index is 0.122. The summed E-state index contributed by atoms with van der Waals surface area (Å²) in [5.74, 6) is -2.84. The summed E-state index contributed by atoms with van der Waals surface area (Å²) in [7, 11) is 0. The van der Waals surface area contributed by atoms with E-state index < -0.39 is 30.2 Å². The zero-order valence-electron chi connectivity index (χ0n) is 13.5. The van der Waals surface area contributed by atoms with Crippen molar-refractivity contribution < 1.29 is 28.3 Å². The number of hydrogen-bond donors (Lipinski definition) is 2. The van der Waals surface area contributed by atoms with Crippen LogP contribution in [0.2, 0.25) is 0 Å². The summed E-state index contributed by atoms with van der Waals surface area (Å²) >= 11 is 1.11. The molecule has 0 atom stereocenters.